The predicted molar refractivity (Wildman–Crippen MR) is 118 cm³/mol. The van der Waals surface area contributed by atoms with E-state index in [1.54, 1.807) is 19.3 Å². The molecular formula is C19H17B4ClF2N4O. The van der Waals surface area contributed by atoms with E-state index in [4.69, 9.17) is 43.0 Å². The van der Waals surface area contributed by atoms with Crippen LogP contribution in [0.15, 0.2) is 30.6 Å². The number of amides is 1. The molecule has 1 unspecified atom stereocenters. The Balaban J connectivity index is 1.70. The molecule has 3 rings (SSSR count). The summed E-state index contributed by atoms with van der Waals surface area (Å²) in [6.45, 7) is 1.43. The van der Waals surface area contributed by atoms with Crippen molar-refractivity contribution in [2.45, 2.75) is 36.1 Å². The van der Waals surface area contributed by atoms with Gasteiger partial charge in [-0.25, -0.2) is 18.7 Å². The molecule has 1 saturated heterocycles. The lowest BCUT2D eigenvalue weighted by Gasteiger charge is -2.50. The number of piperidine rings is 1. The van der Waals surface area contributed by atoms with Gasteiger partial charge in [-0.05, 0) is 42.4 Å². The third kappa shape index (κ3) is 5.32. The third-order valence-electron chi connectivity index (χ3n) is 5.15. The van der Waals surface area contributed by atoms with Crippen LogP contribution in [0.25, 0.3) is 0 Å². The number of rotatable bonds is 5. The number of hydrogen-bond acceptors (Lipinski definition) is 4. The molecule has 0 aliphatic carbocycles. The molecule has 1 aliphatic heterocycles. The maximum Gasteiger partial charge on any atom is 0.253 e. The summed E-state index contributed by atoms with van der Waals surface area (Å²) in [4.78, 5) is 22.1. The highest BCUT2D eigenvalue weighted by Gasteiger charge is 2.46. The fourth-order valence-corrected chi connectivity index (χ4v) is 3.61. The van der Waals surface area contributed by atoms with Crippen molar-refractivity contribution in [3.8, 4) is 0 Å². The topological polar surface area (TPSA) is 58.1 Å². The van der Waals surface area contributed by atoms with Gasteiger partial charge in [-0.1, -0.05) is 11.6 Å². The molecule has 2 aromatic rings. The van der Waals surface area contributed by atoms with E-state index in [1.807, 2.05) is 0 Å². The monoisotopic (exact) mass is 434 g/mol. The van der Waals surface area contributed by atoms with Crippen molar-refractivity contribution in [3.05, 3.63) is 58.4 Å². The number of halogens is 3. The van der Waals surface area contributed by atoms with Gasteiger partial charge in [0.25, 0.3) is 5.91 Å². The first-order valence-electron chi connectivity index (χ1n) is 9.49. The Hall–Kier alpha value is -1.86. The van der Waals surface area contributed by atoms with Crippen molar-refractivity contribution in [2.24, 2.45) is 0 Å². The maximum atomic E-state index is 15.6. The Morgan fingerprint density at radius 2 is 1.97 bits per heavy atom. The van der Waals surface area contributed by atoms with Gasteiger partial charge in [0.15, 0.2) is 0 Å². The molecule has 0 bridgehead atoms. The van der Waals surface area contributed by atoms with Crippen LogP contribution in [0, 0.1) is 12.7 Å². The zero-order chi connectivity index (χ0) is 23.0. The Labute approximate surface area is 190 Å². The number of aromatic nitrogens is 2. The number of alkyl halides is 1. The van der Waals surface area contributed by atoms with Crippen LogP contribution in [-0.2, 0) is 5.34 Å². The molecule has 12 heteroatoms. The molecule has 2 heterocycles. The summed E-state index contributed by atoms with van der Waals surface area (Å²) >= 11 is 5.75. The van der Waals surface area contributed by atoms with Crippen LogP contribution >= 0.6 is 11.6 Å². The number of likely N-dealkylation sites (tertiary alicyclic amines) is 1. The van der Waals surface area contributed by atoms with Gasteiger partial charge in [-0.15, -0.1) is 0 Å². The smallest absolute Gasteiger partial charge is 0.253 e. The van der Waals surface area contributed by atoms with Gasteiger partial charge in [-0.2, -0.15) is 0 Å². The molecular weight excluding hydrogens is 417 g/mol. The van der Waals surface area contributed by atoms with Crippen molar-refractivity contribution in [1.29, 1.82) is 0 Å². The molecule has 1 aliphatic rings. The minimum atomic E-state index is -1.91. The maximum absolute atomic E-state index is 15.6. The zero-order valence-corrected chi connectivity index (χ0v) is 17.7. The van der Waals surface area contributed by atoms with E-state index in [0.717, 1.165) is 16.5 Å². The SMILES string of the molecule is [B]C([B])(NCC1(F)CCN(C(=O)c2ccc(F)c(Cl)c2)C([B])([B])C1)c1ncc(C)cn1. The quantitative estimate of drug-likeness (QED) is 0.721. The number of hydrogen-bond donors (Lipinski definition) is 1. The van der Waals surface area contributed by atoms with E-state index < -0.39 is 34.5 Å². The molecule has 152 valence electrons. The lowest BCUT2D eigenvalue weighted by Crippen LogP contribution is -2.64. The molecule has 0 saturated carbocycles. The predicted octanol–water partition coefficient (Wildman–Crippen LogP) is 1.25. The van der Waals surface area contributed by atoms with Gasteiger partial charge in [0, 0.05) is 42.8 Å². The highest BCUT2D eigenvalue weighted by atomic mass is 35.5. The number of carbonyl (C=O) groups is 1. The van der Waals surface area contributed by atoms with Crippen LogP contribution in [0.3, 0.4) is 0 Å². The van der Waals surface area contributed by atoms with Crippen molar-refractivity contribution in [2.75, 3.05) is 13.1 Å². The first-order chi connectivity index (χ1) is 14.3. The van der Waals surface area contributed by atoms with Gasteiger partial charge in [0.2, 0.25) is 0 Å². The standard InChI is InChI=1S/C19H17B4ClF2N4O/c1-11-7-27-16(28-8-11)19(22,23)29-10-17(26)4-5-30(18(20,21)9-17)15(31)12-2-3-14(25)13(24)6-12/h2-3,6-8,29H,4-5,9-10H2,1H3. The summed E-state index contributed by atoms with van der Waals surface area (Å²) in [7, 11) is 24.2. The lowest BCUT2D eigenvalue weighted by molar-refractivity contribution is 0.0245. The summed E-state index contributed by atoms with van der Waals surface area (Å²) in [5.41, 5.74) is -0.997. The van der Waals surface area contributed by atoms with Crippen molar-refractivity contribution >= 4 is 48.9 Å². The molecule has 1 amide bonds. The Morgan fingerprint density at radius 3 is 2.55 bits per heavy atom. The van der Waals surface area contributed by atoms with E-state index in [9.17, 15) is 9.18 Å². The Morgan fingerprint density at radius 1 is 1.32 bits per heavy atom. The van der Waals surface area contributed by atoms with Gasteiger partial charge < -0.3 is 10.2 Å². The highest BCUT2D eigenvalue weighted by Crippen LogP contribution is 2.35. The van der Waals surface area contributed by atoms with Gasteiger partial charge in [0.1, 0.15) is 17.3 Å². The second kappa shape index (κ2) is 8.58. The highest BCUT2D eigenvalue weighted by molar-refractivity contribution is 6.41. The summed E-state index contributed by atoms with van der Waals surface area (Å²) < 4.78 is 28.9. The molecule has 1 aromatic carbocycles. The summed E-state index contributed by atoms with van der Waals surface area (Å²) in [5, 5.41) is -0.992. The van der Waals surface area contributed by atoms with Crippen LogP contribution in [0.5, 0.6) is 0 Å². The van der Waals surface area contributed by atoms with Crippen LogP contribution in [0.2, 0.25) is 5.02 Å². The average Bonchev–Trinajstić information content (AvgIpc) is 2.68. The number of aryl methyl sites for hydroxylation is 1. The lowest BCUT2D eigenvalue weighted by atomic mass is 9.54. The van der Waals surface area contributed by atoms with E-state index in [1.165, 1.54) is 12.1 Å². The average molecular weight is 434 g/mol. The summed E-state index contributed by atoms with van der Waals surface area (Å²) in [5.74, 6) is -1.15. The minimum Gasteiger partial charge on any atom is -0.350 e. The second-order valence-electron chi connectivity index (χ2n) is 7.96. The Bertz CT molecular complexity index is 980. The third-order valence-corrected chi connectivity index (χ3v) is 5.44. The largest absolute Gasteiger partial charge is 0.350 e. The first-order valence-corrected chi connectivity index (χ1v) is 9.86. The number of carbonyl (C=O) groups excluding carboxylic acids is 1. The van der Waals surface area contributed by atoms with Crippen molar-refractivity contribution in [3.63, 3.8) is 0 Å². The van der Waals surface area contributed by atoms with Gasteiger partial charge >= 0.3 is 0 Å². The van der Waals surface area contributed by atoms with Crippen LogP contribution < -0.4 is 5.32 Å². The van der Waals surface area contributed by atoms with Crippen molar-refractivity contribution < 1.29 is 13.6 Å². The molecule has 0 spiro atoms. The summed E-state index contributed by atoms with van der Waals surface area (Å²) in [6.07, 6.45) is 2.61. The van der Waals surface area contributed by atoms with Crippen LogP contribution in [0.4, 0.5) is 8.78 Å². The van der Waals surface area contributed by atoms with E-state index in [0.29, 0.717) is 0 Å². The normalized spacial score (nSPS) is 21.1. The van der Waals surface area contributed by atoms with Crippen molar-refractivity contribution in [1.82, 2.24) is 20.2 Å². The minimum absolute atomic E-state index is 0.0812. The summed E-state index contributed by atoms with van der Waals surface area (Å²) in [6, 6.07) is 3.50. The molecule has 1 atom stereocenters. The van der Waals surface area contributed by atoms with Crippen LogP contribution in [0.1, 0.15) is 34.6 Å². The molecule has 1 aromatic heterocycles. The number of nitrogens with zero attached hydrogens (tertiary/aromatic N) is 3. The molecule has 1 fully saturated rings. The molecule has 1 N–H and O–H groups in total. The van der Waals surface area contributed by atoms with E-state index in [-0.39, 0.29) is 35.9 Å². The van der Waals surface area contributed by atoms with E-state index >= 15 is 4.39 Å². The number of benzene rings is 1. The van der Waals surface area contributed by atoms with E-state index in [2.05, 4.69) is 15.3 Å². The fraction of sp³-hybridized carbons (Fsp3) is 0.421. The zero-order valence-electron chi connectivity index (χ0n) is 16.9. The van der Waals surface area contributed by atoms with Crippen LogP contribution in [-0.4, -0.2) is 76.3 Å². The molecule has 31 heavy (non-hydrogen) atoms. The molecule has 8 radical (unpaired) electrons. The molecule has 5 nitrogen and oxygen atoms in total. The van der Waals surface area contributed by atoms with Gasteiger partial charge in [-0.3, -0.25) is 4.79 Å². The fourth-order valence-electron chi connectivity index (χ4n) is 3.43. The first kappa shape index (κ1) is 23.8. The number of nitrogens with one attached hydrogen (secondary N) is 1. The Kier molecular flexibility index (Phi) is 6.59. The van der Waals surface area contributed by atoms with Gasteiger partial charge in [0.05, 0.1) is 36.4 Å². The second-order valence-corrected chi connectivity index (χ2v) is 8.37.